The number of benzene rings is 1. The quantitative estimate of drug-likeness (QED) is 0.344. The van der Waals surface area contributed by atoms with E-state index >= 15 is 0 Å². The van der Waals surface area contributed by atoms with Crippen LogP contribution in [-0.2, 0) is 5.41 Å². The monoisotopic (exact) mass is 507 g/mol. The number of halogens is 2. The van der Waals surface area contributed by atoms with Crippen LogP contribution in [-0.4, -0.2) is 31.7 Å². The maximum absolute atomic E-state index is 14.7. The zero-order valence-electron chi connectivity index (χ0n) is 20.1. The molecule has 37 heavy (non-hydrogen) atoms. The van der Waals surface area contributed by atoms with Crippen molar-refractivity contribution < 1.29 is 23.1 Å². The molecular weight excluding hydrogens is 484 g/mol. The number of hydrogen-bond acceptors (Lipinski definition) is 6. The standard InChI is InChI=1S/C25H23F2N7O3/c1-25(2,3)21-11-22(34(33-21)15-8-14(26)12-29-13-15)32-24(36)31-19-5-4-16(9-18(19)27)37-17-6-7-30-20(10-17)23(28)35/h4-13H,1-3H3,(H2,28,35)(H2,31,32,36). The van der Waals surface area contributed by atoms with Crippen molar-refractivity contribution in [2.75, 3.05) is 10.6 Å². The van der Waals surface area contributed by atoms with Gasteiger partial charge < -0.3 is 15.8 Å². The topological polar surface area (TPSA) is 137 Å². The van der Waals surface area contributed by atoms with Gasteiger partial charge >= 0.3 is 6.03 Å². The van der Waals surface area contributed by atoms with Gasteiger partial charge in [-0.1, -0.05) is 20.8 Å². The first-order valence-corrected chi connectivity index (χ1v) is 11.0. The molecule has 0 atom stereocenters. The van der Waals surface area contributed by atoms with E-state index in [2.05, 4.69) is 25.7 Å². The first kappa shape index (κ1) is 25.2. The fraction of sp³-hybridized carbons (Fsp3) is 0.160. The summed E-state index contributed by atoms with van der Waals surface area (Å²) in [6.07, 6.45) is 3.79. The minimum Gasteiger partial charge on any atom is -0.457 e. The van der Waals surface area contributed by atoms with Crippen molar-refractivity contribution in [3.8, 4) is 17.2 Å². The van der Waals surface area contributed by atoms with Gasteiger partial charge in [0.05, 0.1) is 29.5 Å². The van der Waals surface area contributed by atoms with Gasteiger partial charge in [0.25, 0.3) is 5.91 Å². The molecule has 4 aromatic rings. The number of aromatic nitrogens is 4. The van der Waals surface area contributed by atoms with Crippen LogP contribution in [0.5, 0.6) is 11.5 Å². The Hall–Kier alpha value is -4.87. The third kappa shape index (κ3) is 6.04. The van der Waals surface area contributed by atoms with E-state index in [4.69, 9.17) is 10.5 Å². The van der Waals surface area contributed by atoms with Crippen LogP contribution < -0.4 is 21.1 Å². The highest BCUT2D eigenvalue weighted by Crippen LogP contribution is 2.28. The summed E-state index contributed by atoms with van der Waals surface area (Å²) in [6.45, 7) is 5.81. The average Bonchev–Trinajstić information content (AvgIpc) is 3.25. The number of primary amides is 1. The van der Waals surface area contributed by atoms with Crippen LogP contribution in [0.2, 0.25) is 0 Å². The van der Waals surface area contributed by atoms with E-state index in [9.17, 15) is 18.4 Å². The fourth-order valence-corrected chi connectivity index (χ4v) is 3.23. The Kier molecular flexibility index (Phi) is 6.83. The number of nitrogens with zero attached hydrogens (tertiary/aromatic N) is 4. The molecule has 3 amide bonds. The third-order valence-corrected chi connectivity index (χ3v) is 5.06. The van der Waals surface area contributed by atoms with Crippen molar-refractivity contribution in [1.29, 1.82) is 0 Å². The first-order chi connectivity index (χ1) is 17.5. The zero-order chi connectivity index (χ0) is 26.7. The highest BCUT2D eigenvalue weighted by atomic mass is 19.1. The van der Waals surface area contributed by atoms with Crippen LogP contribution in [0.25, 0.3) is 5.69 Å². The van der Waals surface area contributed by atoms with Crippen LogP contribution in [0.15, 0.2) is 61.1 Å². The second-order valence-electron chi connectivity index (χ2n) is 9.00. The number of pyridine rings is 2. The number of nitrogens with one attached hydrogen (secondary N) is 2. The predicted molar refractivity (Wildman–Crippen MR) is 132 cm³/mol. The van der Waals surface area contributed by atoms with Crippen molar-refractivity contribution in [2.45, 2.75) is 26.2 Å². The maximum Gasteiger partial charge on any atom is 0.324 e. The number of ether oxygens (including phenoxy) is 1. The predicted octanol–water partition coefficient (Wildman–Crippen LogP) is 4.77. The number of anilines is 2. The summed E-state index contributed by atoms with van der Waals surface area (Å²) < 4.78 is 35.4. The highest BCUT2D eigenvalue weighted by molar-refractivity contribution is 5.99. The molecule has 0 aliphatic rings. The number of urea groups is 1. The SMILES string of the molecule is CC(C)(C)c1cc(NC(=O)Nc2ccc(Oc3ccnc(C(N)=O)c3)cc2F)n(-c2cncc(F)c2)n1. The lowest BCUT2D eigenvalue weighted by atomic mass is 9.92. The Bertz CT molecular complexity index is 1480. The van der Waals surface area contributed by atoms with Crippen LogP contribution in [0.3, 0.4) is 0 Å². The smallest absolute Gasteiger partial charge is 0.324 e. The minimum absolute atomic E-state index is 0.00388. The third-order valence-electron chi connectivity index (χ3n) is 5.06. The molecule has 0 fully saturated rings. The van der Waals surface area contributed by atoms with Gasteiger partial charge in [-0.15, -0.1) is 0 Å². The summed E-state index contributed by atoms with van der Waals surface area (Å²) in [5.74, 6) is -1.48. The summed E-state index contributed by atoms with van der Waals surface area (Å²) in [6, 6.07) is 8.74. The normalized spacial score (nSPS) is 11.2. The van der Waals surface area contributed by atoms with Gasteiger partial charge in [-0.25, -0.2) is 18.3 Å². The number of hydrogen-bond donors (Lipinski definition) is 3. The summed E-state index contributed by atoms with van der Waals surface area (Å²) in [4.78, 5) is 31.6. The molecule has 1 aromatic carbocycles. The summed E-state index contributed by atoms with van der Waals surface area (Å²) in [7, 11) is 0. The van der Waals surface area contributed by atoms with Crippen LogP contribution in [0, 0.1) is 11.6 Å². The molecule has 0 saturated heterocycles. The molecule has 0 aliphatic heterocycles. The number of amides is 3. The van der Waals surface area contributed by atoms with Gasteiger partial charge in [0, 0.05) is 35.9 Å². The van der Waals surface area contributed by atoms with Gasteiger partial charge in [-0.3, -0.25) is 20.1 Å². The van der Waals surface area contributed by atoms with Crippen LogP contribution in [0.1, 0.15) is 37.0 Å². The molecule has 4 rings (SSSR count). The molecule has 0 spiro atoms. The molecule has 0 aliphatic carbocycles. The van der Waals surface area contributed by atoms with E-state index in [1.807, 2.05) is 20.8 Å². The first-order valence-electron chi connectivity index (χ1n) is 11.0. The molecule has 10 nitrogen and oxygen atoms in total. The van der Waals surface area contributed by atoms with E-state index in [1.54, 1.807) is 6.07 Å². The van der Waals surface area contributed by atoms with E-state index in [0.717, 1.165) is 12.3 Å². The molecule has 0 saturated carbocycles. The summed E-state index contributed by atoms with van der Waals surface area (Å²) in [5.41, 5.74) is 5.65. The van der Waals surface area contributed by atoms with Crippen molar-refractivity contribution in [1.82, 2.24) is 19.7 Å². The molecule has 0 bridgehead atoms. The van der Waals surface area contributed by atoms with Crippen LogP contribution in [0.4, 0.5) is 25.1 Å². The van der Waals surface area contributed by atoms with E-state index in [0.29, 0.717) is 11.4 Å². The van der Waals surface area contributed by atoms with Crippen LogP contribution >= 0.6 is 0 Å². The maximum atomic E-state index is 14.7. The van der Waals surface area contributed by atoms with Gasteiger partial charge in [0.1, 0.15) is 34.6 Å². The molecular formula is C25H23F2N7O3. The molecule has 0 unspecified atom stereocenters. The number of nitrogens with two attached hydrogens (primary N) is 1. The molecule has 12 heteroatoms. The Balaban J connectivity index is 1.51. The molecule has 0 radical (unpaired) electrons. The average molecular weight is 508 g/mol. The second-order valence-corrected chi connectivity index (χ2v) is 9.00. The summed E-state index contributed by atoms with van der Waals surface area (Å²) in [5, 5.41) is 9.53. The lowest BCUT2D eigenvalue weighted by Crippen LogP contribution is -2.22. The Labute approximate surface area is 210 Å². The molecule has 190 valence electrons. The highest BCUT2D eigenvalue weighted by Gasteiger charge is 2.22. The molecule has 3 aromatic heterocycles. The van der Waals surface area contributed by atoms with Gasteiger partial charge in [0.2, 0.25) is 0 Å². The zero-order valence-corrected chi connectivity index (χ0v) is 20.1. The second kappa shape index (κ2) is 10.0. The van der Waals surface area contributed by atoms with Crippen molar-refractivity contribution in [2.24, 2.45) is 5.73 Å². The fourth-order valence-electron chi connectivity index (χ4n) is 3.23. The van der Waals surface area contributed by atoms with Crippen molar-refractivity contribution in [3.63, 3.8) is 0 Å². The summed E-state index contributed by atoms with van der Waals surface area (Å²) >= 11 is 0. The van der Waals surface area contributed by atoms with Gasteiger partial charge in [0.15, 0.2) is 0 Å². The largest absolute Gasteiger partial charge is 0.457 e. The van der Waals surface area contributed by atoms with Crippen molar-refractivity contribution >= 4 is 23.4 Å². The molecule has 4 N–H and O–H groups in total. The minimum atomic E-state index is -0.768. The number of carbonyl (C=O) groups excluding carboxylic acids is 2. The Morgan fingerprint density at radius 3 is 2.43 bits per heavy atom. The Morgan fingerprint density at radius 2 is 1.76 bits per heavy atom. The molecule has 3 heterocycles. The lowest BCUT2D eigenvalue weighted by molar-refractivity contribution is 0.0995. The number of carbonyl (C=O) groups is 2. The Morgan fingerprint density at radius 1 is 1.00 bits per heavy atom. The van der Waals surface area contributed by atoms with Gasteiger partial charge in [-0.2, -0.15) is 5.10 Å². The van der Waals surface area contributed by atoms with Crippen molar-refractivity contribution in [3.05, 3.63) is 84.1 Å². The lowest BCUT2D eigenvalue weighted by Gasteiger charge is -2.14. The number of rotatable bonds is 6. The van der Waals surface area contributed by atoms with Gasteiger partial charge in [-0.05, 0) is 18.2 Å². The van der Waals surface area contributed by atoms with E-state index in [-0.39, 0.29) is 34.1 Å². The van der Waals surface area contributed by atoms with E-state index < -0.39 is 23.6 Å². The van der Waals surface area contributed by atoms with E-state index in [1.165, 1.54) is 47.4 Å².